The maximum atomic E-state index is 4.45. The van der Waals surface area contributed by atoms with Gasteiger partial charge in [-0.25, -0.2) is 0 Å². The summed E-state index contributed by atoms with van der Waals surface area (Å²) in [5, 5.41) is 5.44. The minimum Gasteiger partial charge on any atom is -0.311 e. The summed E-state index contributed by atoms with van der Waals surface area (Å²) in [6, 6.07) is 6.53. The number of aryl methyl sites for hydroxylation is 1. The summed E-state index contributed by atoms with van der Waals surface area (Å²) in [5.74, 6) is 0. The molecule has 2 heterocycles. The molecule has 0 fully saturated rings. The number of rotatable bonds is 4. The van der Waals surface area contributed by atoms with Crippen LogP contribution in [-0.4, -0.2) is 12.0 Å². The second-order valence-corrected chi connectivity index (χ2v) is 5.85. The molecule has 4 heteroatoms. The standard InChI is InChI=1S/C13H15BrN2S/c1-9-3-5-16-12(7-9)11(15-2)8-13-10(14)4-6-17-13/h3-7,11,15H,8H2,1-2H3. The fourth-order valence-corrected chi connectivity index (χ4v) is 3.32. The first kappa shape index (κ1) is 12.7. The molecule has 90 valence electrons. The molecule has 0 spiro atoms. The Balaban J connectivity index is 2.20. The molecular weight excluding hydrogens is 296 g/mol. The van der Waals surface area contributed by atoms with Crippen LogP contribution in [-0.2, 0) is 6.42 Å². The first-order chi connectivity index (χ1) is 8.20. The van der Waals surface area contributed by atoms with E-state index in [1.165, 1.54) is 14.9 Å². The van der Waals surface area contributed by atoms with Gasteiger partial charge in [-0.15, -0.1) is 11.3 Å². The summed E-state index contributed by atoms with van der Waals surface area (Å²) in [7, 11) is 1.98. The van der Waals surface area contributed by atoms with Crippen LogP contribution in [0.2, 0.25) is 0 Å². The van der Waals surface area contributed by atoms with Crippen molar-refractivity contribution in [2.24, 2.45) is 0 Å². The Morgan fingerprint density at radius 1 is 1.47 bits per heavy atom. The number of likely N-dealkylation sites (N-methyl/N-ethyl adjacent to an activating group) is 1. The zero-order chi connectivity index (χ0) is 12.3. The van der Waals surface area contributed by atoms with E-state index in [1.807, 2.05) is 19.3 Å². The average molecular weight is 311 g/mol. The molecule has 2 aromatic rings. The van der Waals surface area contributed by atoms with Crippen LogP contribution in [0.4, 0.5) is 0 Å². The molecule has 1 N–H and O–H groups in total. The summed E-state index contributed by atoms with van der Waals surface area (Å²) < 4.78 is 1.19. The van der Waals surface area contributed by atoms with Crippen LogP contribution in [0, 0.1) is 6.92 Å². The first-order valence-corrected chi connectivity index (χ1v) is 7.19. The lowest BCUT2D eigenvalue weighted by molar-refractivity contribution is 0.579. The number of aromatic nitrogens is 1. The highest BCUT2D eigenvalue weighted by Crippen LogP contribution is 2.27. The normalized spacial score (nSPS) is 12.6. The van der Waals surface area contributed by atoms with Crippen LogP contribution in [0.3, 0.4) is 0 Å². The van der Waals surface area contributed by atoms with E-state index in [4.69, 9.17) is 0 Å². The van der Waals surface area contributed by atoms with Gasteiger partial charge in [0.05, 0.1) is 11.7 Å². The largest absolute Gasteiger partial charge is 0.311 e. The average Bonchev–Trinajstić information content (AvgIpc) is 2.71. The van der Waals surface area contributed by atoms with Gasteiger partial charge in [-0.3, -0.25) is 4.98 Å². The monoisotopic (exact) mass is 310 g/mol. The summed E-state index contributed by atoms with van der Waals surface area (Å²) in [6.07, 6.45) is 2.84. The Morgan fingerprint density at radius 2 is 2.29 bits per heavy atom. The Kier molecular flexibility index (Phi) is 4.31. The van der Waals surface area contributed by atoms with Crippen molar-refractivity contribution in [3.63, 3.8) is 0 Å². The summed E-state index contributed by atoms with van der Waals surface area (Å²) in [4.78, 5) is 5.80. The molecule has 0 amide bonds. The summed E-state index contributed by atoms with van der Waals surface area (Å²) >= 11 is 5.35. The SMILES string of the molecule is CNC(Cc1sccc1Br)c1cc(C)ccn1. The molecule has 17 heavy (non-hydrogen) atoms. The van der Waals surface area contributed by atoms with Gasteiger partial charge in [0.25, 0.3) is 0 Å². The second kappa shape index (κ2) is 5.76. The first-order valence-electron chi connectivity index (χ1n) is 5.52. The van der Waals surface area contributed by atoms with Crippen LogP contribution in [0.25, 0.3) is 0 Å². The number of nitrogens with one attached hydrogen (secondary N) is 1. The lowest BCUT2D eigenvalue weighted by Crippen LogP contribution is -2.19. The van der Waals surface area contributed by atoms with Crippen molar-refractivity contribution >= 4 is 27.3 Å². The molecule has 0 aliphatic rings. The molecule has 0 aliphatic heterocycles. The van der Waals surface area contributed by atoms with Crippen molar-refractivity contribution in [3.05, 3.63) is 50.4 Å². The maximum Gasteiger partial charge on any atom is 0.0579 e. The van der Waals surface area contributed by atoms with E-state index in [2.05, 4.69) is 50.7 Å². The van der Waals surface area contributed by atoms with E-state index in [-0.39, 0.29) is 6.04 Å². The molecule has 0 bridgehead atoms. The van der Waals surface area contributed by atoms with Crippen LogP contribution in [0.5, 0.6) is 0 Å². The molecule has 0 radical (unpaired) electrons. The van der Waals surface area contributed by atoms with Gasteiger partial charge >= 0.3 is 0 Å². The van der Waals surface area contributed by atoms with Crippen molar-refractivity contribution in [2.75, 3.05) is 7.05 Å². The molecule has 2 rings (SSSR count). The smallest absolute Gasteiger partial charge is 0.0579 e. The fourth-order valence-electron chi connectivity index (χ4n) is 1.76. The zero-order valence-electron chi connectivity index (χ0n) is 9.90. The molecule has 0 aliphatic carbocycles. The third-order valence-electron chi connectivity index (χ3n) is 2.72. The van der Waals surface area contributed by atoms with E-state index < -0.39 is 0 Å². The summed E-state index contributed by atoms with van der Waals surface area (Å²) in [5.41, 5.74) is 2.35. The molecule has 0 aromatic carbocycles. The lowest BCUT2D eigenvalue weighted by Gasteiger charge is -2.15. The third-order valence-corrected chi connectivity index (χ3v) is 4.67. The number of thiophene rings is 1. The van der Waals surface area contributed by atoms with Crippen molar-refractivity contribution in [2.45, 2.75) is 19.4 Å². The van der Waals surface area contributed by atoms with Gasteiger partial charge < -0.3 is 5.32 Å². The molecule has 1 atom stereocenters. The Morgan fingerprint density at radius 3 is 2.88 bits per heavy atom. The number of halogens is 1. The summed E-state index contributed by atoms with van der Waals surface area (Å²) in [6.45, 7) is 2.10. The van der Waals surface area contributed by atoms with Crippen LogP contribution < -0.4 is 5.32 Å². The minimum atomic E-state index is 0.268. The van der Waals surface area contributed by atoms with Crippen LogP contribution in [0.1, 0.15) is 22.2 Å². The molecular formula is C13H15BrN2S. The van der Waals surface area contributed by atoms with Crippen molar-refractivity contribution in [1.82, 2.24) is 10.3 Å². The molecule has 0 saturated carbocycles. The highest BCUT2D eigenvalue weighted by Gasteiger charge is 2.14. The van der Waals surface area contributed by atoms with Crippen LogP contribution >= 0.6 is 27.3 Å². The van der Waals surface area contributed by atoms with Gasteiger partial charge in [0, 0.05) is 22.0 Å². The van der Waals surface area contributed by atoms with Gasteiger partial charge in [-0.05, 0) is 59.0 Å². The number of pyridine rings is 1. The predicted octanol–water partition coefficient (Wildman–Crippen LogP) is 3.72. The van der Waals surface area contributed by atoms with Crippen molar-refractivity contribution in [1.29, 1.82) is 0 Å². The zero-order valence-corrected chi connectivity index (χ0v) is 12.3. The topological polar surface area (TPSA) is 24.9 Å². The highest BCUT2D eigenvalue weighted by molar-refractivity contribution is 9.10. The number of hydrogen-bond donors (Lipinski definition) is 1. The molecule has 2 nitrogen and oxygen atoms in total. The van der Waals surface area contributed by atoms with E-state index in [0.29, 0.717) is 0 Å². The highest BCUT2D eigenvalue weighted by atomic mass is 79.9. The van der Waals surface area contributed by atoms with E-state index in [1.54, 1.807) is 11.3 Å². The van der Waals surface area contributed by atoms with Gasteiger partial charge in [-0.2, -0.15) is 0 Å². The lowest BCUT2D eigenvalue weighted by atomic mass is 10.1. The maximum absolute atomic E-state index is 4.45. The van der Waals surface area contributed by atoms with Gasteiger partial charge in [0.2, 0.25) is 0 Å². The van der Waals surface area contributed by atoms with E-state index >= 15 is 0 Å². The Labute approximate surface area is 114 Å². The third kappa shape index (κ3) is 3.15. The number of nitrogens with zero attached hydrogens (tertiary/aromatic N) is 1. The quantitative estimate of drug-likeness (QED) is 0.931. The fraction of sp³-hybridized carbons (Fsp3) is 0.308. The molecule has 1 unspecified atom stereocenters. The Hall–Kier alpha value is -0.710. The molecule has 0 saturated heterocycles. The minimum absolute atomic E-state index is 0.268. The van der Waals surface area contributed by atoms with Crippen molar-refractivity contribution < 1.29 is 0 Å². The van der Waals surface area contributed by atoms with Gasteiger partial charge in [0.1, 0.15) is 0 Å². The second-order valence-electron chi connectivity index (χ2n) is 4.00. The van der Waals surface area contributed by atoms with E-state index in [9.17, 15) is 0 Å². The predicted molar refractivity (Wildman–Crippen MR) is 76.5 cm³/mol. The van der Waals surface area contributed by atoms with E-state index in [0.717, 1.165) is 12.1 Å². The van der Waals surface area contributed by atoms with Crippen LogP contribution in [0.15, 0.2) is 34.2 Å². The van der Waals surface area contributed by atoms with Gasteiger partial charge in [0.15, 0.2) is 0 Å². The Bertz CT molecular complexity index is 496. The number of hydrogen-bond acceptors (Lipinski definition) is 3. The van der Waals surface area contributed by atoms with Gasteiger partial charge in [-0.1, -0.05) is 0 Å². The van der Waals surface area contributed by atoms with Crippen molar-refractivity contribution in [3.8, 4) is 0 Å². The molecule has 2 aromatic heterocycles.